The van der Waals surface area contributed by atoms with Crippen LogP contribution in [0.4, 0.5) is 5.69 Å². The minimum atomic E-state index is -4.21. The number of hydrogen-bond acceptors (Lipinski definition) is 5. The molecule has 0 amide bonds. The zero-order valence-corrected chi connectivity index (χ0v) is 12.6. The summed E-state index contributed by atoms with van der Waals surface area (Å²) in [4.78, 5) is 4.12. The summed E-state index contributed by atoms with van der Waals surface area (Å²) >= 11 is 1.30. The van der Waals surface area contributed by atoms with Crippen LogP contribution in [0.3, 0.4) is 0 Å². The topological polar surface area (TPSA) is 103 Å². The van der Waals surface area contributed by atoms with Crippen molar-refractivity contribution in [2.24, 2.45) is 4.99 Å². The fourth-order valence-electron chi connectivity index (χ4n) is 1.73. The number of amidine groups is 1. The number of benzene rings is 2. The number of aliphatic imine (C=N–C) groups is 1. The Morgan fingerprint density at radius 1 is 1.29 bits per heavy atom. The van der Waals surface area contributed by atoms with E-state index in [-0.39, 0.29) is 4.90 Å². The highest BCUT2D eigenvalue weighted by atomic mass is 32.2. The molecule has 0 atom stereocenters. The molecule has 0 bridgehead atoms. The molecule has 0 spiro atoms. The van der Waals surface area contributed by atoms with Crippen LogP contribution in [0.1, 0.15) is 0 Å². The van der Waals surface area contributed by atoms with Gasteiger partial charge in [-0.3, -0.25) is 9.87 Å². The van der Waals surface area contributed by atoms with Crippen molar-refractivity contribution in [1.29, 1.82) is 5.26 Å². The van der Waals surface area contributed by atoms with Gasteiger partial charge in [-0.25, -0.2) is 4.99 Å². The SMILES string of the molecule is CSC(=Nc1ccc2cc(S(=O)(=O)O)ccc2c1)NC#N. The van der Waals surface area contributed by atoms with E-state index in [0.717, 1.165) is 5.39 Å². The zero-order chi connectivity index (χ0) is 15.5. The molecule has 21 heavy (non-hydrogen) atoms. The average molecular weight is 321 g/mol. The lowest BCUT2D eigenvalue weighted by atomic mass is 10.1. The second kappa shape index (κ2) is 6.13. The first-order valence-corrected chi connectivity index (χ1v) is 8.39. The van der Waals surface area contributed by atoms with Gasteiger partial charge in [0.25, 0.3) is 10.1 Å². The van der Waals surface area contributed by atoms with Crippen LogP contribution in [0.5, 0.6) is 0 Å². The molecule has 0 unspecified atom stereocenters. The van der Waals surface area contributed by atoms with Gasteiger partial charge < -0.3 is 0 Å². The fourth-order valence-corrected chi connectivity index (χ4v) is 2.59. The summed E-state index contributed by atoms with van der Waals surface area (Å²) in [6.07, 6.45) is 3.60. The summed E-state index contributed by atoms with van der Waals surface area (Å²) < 4.78 is 31.2. The van der Waals surface area contributed by atoms with Crippen molar-refractivity contribution in [3.05, 3.63) is 36.4 Å². The van der Waals surface area contributed by atoms with Crippen LogP contribution >= 0.6 is 11.8 Å². The molecule has 0 aromatic heterocycles. The third-order valence-corrected chi connectivity index (χ3v) is 4.11. The van der Waals surface area contributed by atoms with E-state index in [9.17, 15) is 8.42 Å². The van der Waals surface area contributed by atoms with Gasteiger partial charge >= 0.3 is 0 Å². The molecule has 0 aliphatic rings. The van der Waals surface area contributed by atoms with Gasteiger partial charge in [-0.05, 0) is 41.3 Å². The molecule has 0 fully saturated rings. The molecule has 0 saturated heterocycles. The van der Waals surface area contributed by atoms with Crippen molar-refractivity contribution in [1.82, 2.24) is 5.32 Å². The number of thioether (sulfide) groups is 1. The zero-order valence-electron chi connectivity index (χ0n) is 10.9. The Morgan fingerprint density at radius 2 is 1.95 bits per heavy atom. The molecule has 0 heterocycles. The van der Waals surface area contributed by atoms with E-state index >= 15 is 0 Å². The van der Waals surface area contributed by atoms with E-state index in [1.165, 1.54) is 23.9 Å². The Morgan fingerprint density at radius 3 is 2.57 bits per heavy atom. The van der Waals surface area contributed by atoms with Gasteiger partial charge in [0.1, 0.15) is 0 Å². The molecule has 2 N–H and O–H groups in total. The quantitative estimate of drug-likeness (QED) is 0.290. The van der Waals surface area contributed by atoms with E-state index in [0.29, 0.717) is 16.2 Å². The van der Waals surface area contributed by atoms with Gasteiger partial charge in [-0.15, -0.1) is 0 Å². The first kappa shape index (κ1) is 15.3. The van der Waals surface area contributed by atoms with Crippen LogP contribution in [-0.2, 0) is 10.1 Å². The summed E-state index contributed by atoms with van der Waals surface area (Å²) in [7, 11) is -4.21. The predicted octanol–water partition coefficient (Wildman–Crippen LogP) is 2.51. The third kappa shape index (κ3) is 3.72. The normalized spacial score (nSPS) is 12.1. The summed E-state index contributed by atoms with van der Waals surface area (Å²) in [5, 5.41) is 13.0. The molecule has 108 valence electrons. The standard InChI is InChI=1S/C13H11N3O3S2/c1-20-13(15-8-14)16-11-4-2-10-7-12(21(17,18)19)5-3-9(10)6-11/h2-7H,1H3,(H,15,16)(H,17,18,19). The number of rotatable bonds is 2. The molecule has 2 aromatic rings. The summed E-state index contributed by atoms with van der Waals surface area (Å²) in [6.45, 7) is 0. The van der Waals surface area contributed by atoms with E-state index in [2.05, 4.69) is 10.3 Å². The Hall–Kier alpha value is -2.08. The van der Waals surface area contributed by atoms with Crippen LogP contribution in [0, 0.1) is 11.5 Å². The number of nitriles is 1. The van der Waals surface area contributed by atoms with Crippen LogP contribution < -0.4 is 5.32 Å². The smallest absolute Gasteiger partial charge is 0.282 e. The molecule has 0 saturated carbocycles. The maximum Gasteiger partial charge on any atom is 0.294 e. The number of nitrogens with zero attached hydrogens (tertiary/aromatic N) is 2. The van der Waals surface area contributed by atoms with E-state index in [1.54, 1.807) is 36.7 Å². The van der Waals surface area contributed by atoms with Crippen LogP contribution in [0.2, 0.25) is 0 Å². The predicted molar refractivity (Wildman–Crippen MR) is 83.1 cm³/mol. The number of fused-ring (bicyclic) bond motifs is 1. The molecule has 8 heteroatoms. The summed E-state index contributed by atoms with van der Waals surface area (Å²) in [6, 6.07) is 9.47. The van der Waals surface area contributed by atoms with Crippen molar-refractivity contribution in [2.45, 2.75) is 4.90 Å². The van der Waals surface area contributed by atoms with Crippen LogP contribution in [-0.4, -0.2) is 24.4 Å². The molecular formula is C13H11N3O3S2. The molecular weight excluding hydrogens is 310 g/mol. The maximum absolute atomic E-state index is 11.1. The van der Waals surface area contributed by atoms with Crippen molar-refractivity contribution in [3.63, 3.8) is 0 Å². The van der Waals surface area contributed by atoms with E-state index < -0.39 is 10.1 Å². The van der Waals surface area contributed by atoms with Gasteiger partial charge in [0, 0.05) is 0 Å². The molecule has 0 radical (unpaired) electrons. The lowest BCUT2D eigenvalue weighted by Gasteiger charge is -2.04. The fraction of sp³-hybridized carbons (Fsp3) is 0.0769. The first-order chi connectivity index (χ1) is 9.94. The molecule has 2 rings (SSSR count). The minimum absolute atomic E-state index is 0.151. The first-order valence-electron chi connectivity index (χ1n) is 5.73. The Balaban J connectivity index is 2.47. The average Bonchev–Trinajstić information content (AvgIpc) is 2.45. The molecule has 0 aliphatic heterocycles. The van der Waals surface area contributed by atoms with Crippen molar-refractivity contribution < 1.29 is 13.0 Å². The summed E-state index contributed by atoms with van der Waals surface area (Å²) in [5.74, 6) is 0. The van der Waals surface area contributed by atoms with Gasteiger partial charge in [-0.2, -0.15) is 13.7 Å². The second-order valence-corrected chi connectivity index (χ2v) is 6.24. The lowest BCUT2D eigenvalue weighted by molar-refractivity contribution is 0.483. The van der Waals surface area contributed by atoms with Gasteiger partial charge in [0.05, 0.1) is 10.6 Å². The number of hydrogen-bond donors (Lipinski definition) is 2. The van der Waals surface area contributed by atoms with E-state index in [4.69, 9.17) is 9.81 Å². The van der Waals surface area contributed by atoms with Crippen molar-refractivity contribution in [2.75, 3.05) is 6.26 Å². The van der Waals surface area contributed by atoms with Gasteiger partial charge in [0.2, 0.25) is 0 Å². The lowest BCUT2D eigenvalue weighted by Crippen LogP contribution is -2.12. The summed E-state index contributed by atoms with van der Waals surface area (Å²) in [5.41, 5.74) is 0.634. The minimum Gasteiger partial charge on any atom is -0.282 e. The number of nitrogens with one attached hydrogen (secondary N) is 1. The molecule has 2 aromatic carbocycles. The monoisotopic (exact) mass is 321 g/mol. The van der Waals surface area contributed by atoms with Crippen LogP contribution in [0.15, 0.2) is 46.3 Å². The Kier molecular flexibility index (Phi) is 4.47. The van der Waals surface area contributed by atoms with E-state index in [1.807, 2.05) is 0 Å². The second-order valence-electron chi connectivity index (χ2n) is 4.03. The van der Waals surface area contributed by atoms with Crippen LogP contribution in [0.25, 0.3) is 10.8 Å². The Labute approximate surface area is 126 Å². The highest BCUT2D eigenvalue weighted by Crippen LogP contribution is 2.24. The van der Waals surface area contributed by atoms with Crippen molar-refractivity contribution in [3.8, 4) is 6.19 Å². The Bertz CT molecular complexity index is 855. The van der Waals surface area contributed by atoms with Crippen molar-refractivity contribution >= 4 is 43.5 Å². The highest BCUT2D eigenvalue weighted by molar-refractivity contribution is 8.13. The van der Waals surface area contributed by atoms with Gasteiger partial charge in [0.15, 0.2) is 11.4 Å². The largest absolute Gasteiger partial charge is 0.294 e. The highest BCUT2D eigenvalue weighted by Gasteiger charge is 2.09. The molecule has 0 aliphatic carbocycles. The third-order valence-electron chi connectivity index (χ3n) is 2.68. The maximum atomic E-state index is 11.1. The van der Waals surface area contributed by atoms with Gasteiger partial charge in [-0.1, -0.05) is 23.9 Å². The molecule has 6 nitrogen and oxygen atoms in total.